The molecular weight excluding hydrogens is 350 g/mol. The van der Waals surface area contributed by atoms with Crippen LogP contribution in [-0.2, 0) is 19.1 Å². The molecule has 2 rings (SSSR count). The summed E-state index contributed by atoms with van der Waals surface area (Å²) in [4.78, 5) is 35.1. The summed E-state index contributed by atoms with van der Waals surface area (Å²) in [7, 11) is 1.72. The first-order chi connectivity index (χ1) is 12.8. The number of hydrogen-bond acceptors (Lipinski definition) is 5. The van der Waals surface area contributed by atoms with E-state index in [0.717, 1.165) is 30.9 Å². The summed E-state index contributed by atoms with van der Waals surface area (Å²) in [5.74, 6) is -1.14. The van der Waals surface area contributed by atoms with Crippen LogP contribution in [0.25, 0.3) is 0 Å². The number of carboxylic acids is 1. The van der Waals surface area contributed by atoms with E-state index in [-0.39, 0.29) is 18.4 Å². The summed E-state index contributed by atoms with van der Waals surface area (Å²) < 4.78 is 5.57. The number of nitrogens with two attached hydrogens (primary N) is 1. The van der Waals surface area contributed by atoms with Crippen molar-refractivity contribution < 1.29 is 24.2 Å². The lowest BCUT2D eigenvalue weighted by Gasteiger charge is -2.38. The summed E-state index contributed by atoms with van der Waals surface area (Å²) >= 11 is 0. The zero-order chi connectivity index (χ0) is 20.4. The quantitative estimate of drug-likeness (QED) is 0.630. The van der Waals surface area contributed by atoms with Crippen molar-refractivity contribution in [2.45, 2.75) is 38.8 Å². The largest absolute Gasteiger partial charge is 0.481 e. The number of amides is 2. The van der Waals surface area contributed by atoms with Gasteiger partial charge in [-0.1, -0.05) is 24.3 Å². The second-order valence-corrected chi connectivity index (χ2v) is 6.34. The minimum Gasteiger partial charge on any atom is -0.481 e. The monoisotopic (exact) mass is 379 g/mol. The summed E-state index contributed by atoms with van der Waals surface area (Å²) in [6, 6.07) is 7.34. The van der Waals surface area contributed by atoms with E-state index in [9.17, 15) is 9.59 Å². The van der Waals surface area contributed by atoms with E-state index in [0.29, 0.717) is 13.1 Å². The first-order valence-electron chi connectivity index (χ1n) is 8.89. The van der Waals surface area contributed by atoms with Crippen molar-refractivity contribution in [1.29, 1.82) is 0 Å². The summed E-state index contributed by atoms with van der Waals surface area (Å²) in [6.45, 7) is 4.16. The van der Waals surface area contributed by atoms with Crippen LogP contribution in [0.2, 0.25) is 0 Å². The minimum atomic E-state index is -0.833. The van der Waals surface area contributed by atoms with Crippen molar-refractivity contribution in [1.82, 2.24) is 10.2 Å². The molecule has 4 N–H and O–H groups in total. The number of ether oxygens (including phenoxy) is 1. The Kier molecular flexibility index (Phi) is 9.46. The Labute approximate surface area is 159 Å². The number of carbonyl (C=O) groups is 3. The number of nitrogens with one attached hydrogen (secondary N) is 1. The number of aryl methyl sites for hydroxylation is 1. The third-order valence-electron chi connectivity index (χ3n) is 4.18. The van der Waals surface area contributed by atoms with Crippen LogP contribution in [0.5, 0.6) is 0 Å². The topological polar surface area (TPSA) is 122 Å². The van der Waals surface area contributed by atoms with Crippen molar-refractivity contribution in [2.24, 2.45) is 5.73 Å². The third kappa shape index (κ3) is 6.99. The third-order valence-corrected chi connectivity index (χ3v) is 4.18. The average molecular weight is 379 g/mol. The molecule has 0 saturated carbocycles. The number of carbonyl (C=O) groups excluding carboxylic acids is 2. The van der Waals surface area contributed by atoms with Gasteiger partial charge in [-0.3, -0.25) is 14.4 Å². The van der Waals surface area contributed by atoms with Crippen LogP contribution in [0.3, 0.4) is 0 Å². The highest BCUT2D eigenvalue weighted by molar-refractivity contribution is 5.86. The standard InChI is InChI=1S/C17H25N3O3.C2H4O2/c1-12-7-3-4-8-13(12)15-16(23-11-14(21)20(15)2)17(22)19-10-6-5-9-18;1-2(3)4/h3-4,7-8,15-16H,5-6,9-11,18H2,1-2H3,(H,19,22);1H3,(H,3,4)/t15-,16+;/m1./s1. The highest BCUT2D eigenvalue weighted by Gasteiger charge is 2.40. The number of rotatable bonds is 6. The Hall–Kier alpha value is -2.45. The first-order valence-corrected chi connectivity index (χ1v) is 8.89. The fourth-order valence-corrected chi connectivity index (χ4v) is 2.80. The van der Waals surface area contributed by atoms with Gasteiger partial charge in [-0.05, 0) is 37.4 Å². The summed E-state index contributed by atoms with van der Waals surface area (Å²) in [5, 5.41) is 10.3. The van der Waals surface area contributed by atoms with Crippen molar-refractivity contribution in [3.8, 4) is 0 Å². The van der Waals surface area contributed by atoms with Crippen LogP contribution in [0.4, 0.5) is 0 Å². The molecule has 1 aliphatic rings. The Morgan fingerprint density at radius 3 is 2.56 bits per heavy atom. The number of nitrogens with zero attached hydrogens (tertiary/aromatic N) is 1. The lowest BCUT2D eigenvalue weighted by Crippen LogP contribution is -2.53. The van der Waals surface area contributed by atoms with Crippen molar-refractivity contribution in [3.63, 3.8) is 0 Å². The Morgan fingerprint density at radius 2 is 1.96 bits per heavy atom. The molecule has 1 saturated heterocycles. The number of unbranched alkanes of at least 4 members (excludes halogenated alkanes) is 1. The predicted octanol–water partition coefficient (Wildman–Crippen LogP) is 0.839. The second kappa shape index (κ2) is 11.3. The molecule has 0 spiro atoms. The van der Waals surface area contributed by atoms with E-state index in [4.69, 9.17) is 20.4 Å². The van der Waals surface area contributed by atoms with Crippen molar-refractivity contribution in [3.05, 3.63) is 35.4 Å². The lowest BCUT2D eigenvalue weighted by molar-refractivity contribution is -0.162. The van der Waals surface area contributed by atoms with E-state index in [1.165, 1.54) is 0 Å². The van der Waals surface area contributed by atoms with Gasteiger partial charge in [0.25, 0.3) is 11.9 Å². The van der Waals surface area contributed by atoms with Gasteiger partial charge in [-0.15, -0.1) is 0 Å². The Morgan fingerprint density at radius 1 is 1.33 bits per heavy atom. The normalized spacial score (nSPS) is 19.1. The molecule has 8 heteroatoms. The van der Waals surface area contributed by atoms with Crippen molar-refractivity contribution >= 4 is 17.8 Å². The molecule has 150 valence electrons. The number of likely N-dealkylation sites (N-methyl/N-ethyl adjacent to an activating group) is 1. The number of benzene rings is 1. The van der Waals surface area contributed by atoms with Gasteiger partial charge < -0.3 is 25.8 Å². The molecule has 0 bridgehead atoms. The van der Waals surface area contributed by atoms with Crippen LogP contribution in [0.15, 0.2) is 24.3 Å². The summed E-state index contributed by atoms with van der Waals surface area (Å²) in [5.41, 5.74) is 7.42. The van der Waals surface area contributed by atoms with Gasteiger partial charge in [0, 0.05) is 20.5 Å². The maximum Gasteiger partial charge on any atom is 0.300 e. The van der Waals surface area contributed by atoms with Crippen LogP contribution < -0.4 is 11.1 Å². The van der Waals surface area contributed by atoms with E-state index in [1.807, 2.05) is 31.2 Å². The molecule has 2 atom stereocenters. The van der Waals surface area contributed by atoms with Gasteiger partial charge in [0.1, 0.15) is 6.61 Å². The van der Waals surface area contributed by atoms with Crippen molar-refractivity contribution in [2.75, 3.05) is 26.7 Å². The zero-order valence-corrected chi connectivity index (χ0v) is 16.1. The Balaban J connectivity index is 0.000000828. The minimum absolute atomic E-state index is 0.0697. The van der Waals surface area contributed by atoms with E-state index >= 15 is 0 Å². The Bertz CT molecular complexity index is 646. The SMILES string of the molecule is CC(=O)O.Cc1ccccc1[C@@H]1[C@@H](C(=O)NCCCCN)OCC(=O)N1C. The molecule has 0 aliphatic carbocycles. The average Bonchev–Trinajstić information content (AvgIpc) is 2.61. The molecule has 1 aliphatic heterocycles. The molecule has 1 aromatic carbocycles. The van der Waals surface area contributed by atoms with Gasteiger partial charge >= 0.3 is 0 Å². The van der Waals surface area contributed by atoms with E-state index in [2.05, 4.69) is 5.32 Å². The molecule has 27 heavy (non-hydrogen) atoms. The lowest BCUT2D eigenvalue weighted by atomic mass is 9.94. The molecule has 1 heterocycles. The van der Waals surface area contributed by atoms with E-state index < -0.39 is 18.1 Å². The van der Waals surface area contributed by atoms with Crippen LogP contribution in [0, 0.1) is 6.92 Å². The molecule has 1 fully saturated rings. The second-order valence-electron chi connectivity index (χ2n) is 6.34. The summed E-state index contributed by atoms with van der Waals surface area (Å²) in [6.07, 6.45) is 1.00. The van der Waals surface area contributed by atoms with Gasteiger partial charge in [0.15, 0.2) is 6.10 Å². The zero-order valence-electron chi connectivity index (χ0n) is 16.1. The maximum atomic E-state index is 12.5. The molecule has 0 radical (unpaired) electrons. The van der Waals surface area contributed by atoms with Gasteiger partial charge in [-0.2, -0.15) is 0 Å². The number of aliphatic carboxylic acids is 1. The number of morpholine rings is 1. The van der Waals surface area contributed by atoms with Gasteiger partial charge in [-0.25, -0.2) is 0 Å². The smallest absolute Gasteiger partial charge is 0.300 e. The number of carboxylic acid groups (broad SMARTS) is 1. The van der Waals surface area contributed by atoms with Crippen LogP contribution >= 0.6 is 0 Å². The predicted molar refractivity (Wildman–Crippen MR) is 101 cm³/mol. The fraction of sp³-hybridized carbons (Fsp3) is 0.526. The van der Waals surface area contributed by atoms with Gasteiger partial charge in [0.2, 0.25) is 5.91 Å². The molecule has 0 unspecified atom stereocenters. The maximum absolute atomic E-state index is 12.5. The first kappa shape index (κ1) is 22.6. The molecular formula is C19H29N3O5. The van der Waals surface area contributed by atoms with Crippen LogP contribution in [0.1, 0.15) is 36.9 Å². The molecule has 2 amide bonds. The fourth-order valence-electron chi connectivity index (χ4n) is 2.80. The molecule has 0 aromatic heterocycles. The number of hydrogen-bond donors (Lipinski definition) is 3. The van der Waals surface area contributed by atoms with E-state index in [1.54, 1.807) is 11.9 Å². The highest BCUT2D eigenvalue weighted by atomic mass is 16.5. The molecule has 8 nitrogen and oxygen atoms in total. The highest BCUT2D eigenvalue weighted by Crippen LogP contribution is 2.31. The van der Waals surface area contributed by atoms with Crippen LogP contribution in [-0.4, -0.2) is 60.6 Å². The van der Waals surface area contributed by atoms with Gasteiger partial charge in [0.05, 0.1) is 6.04 Å². The molecule has 1 aromatic rings.